The van der Waals surface area contributed by atoms with E-state index in [0.717, 1.165) is 65.9 Å². The fourth-order valence-electron chi connectivity index (χ4n) is 11.1. The average molecular weight is 713 g/mol. The summed E-state index contributed by atoms with van der Waals surface area (Å²) in [6.45, 7) is 12.1. The highest BCUT2D eigenvalue weighted by molar-refractivity contribution is 6.33. The maximum absolute atomic E-state index is 13.1. The third-order valence-electron chi connectivity index (χ3n) is 13.9. The Labute approximate surface area is 309 Å². The van der Waals surface area contributed by atoms with Gasteiger partial charge in [-0.2, -0.15) is 0 Å². The number of hydrogen-bond donors (Lipinski definition) is 0. The summed E-state index contributed by atoms with van der Waals surface area (Å²) in [6, 6.07) is 14.4. The van der Waals surface area contributed by atoms with Gasteiger partial charge in [0.15, 0.2) is 6.61 Å². The third kappa shape index (κ3) is 7.44. The lowest BCUT2D eigenvalue weighted by Crippen LogP contribution is -2.52. The van der Waals surface area contributed by atoms with E-state index in [1.807, 2.05) is 30.3 Å². The minimum atomic E-state index is -0.464. The standard InChI is InChI=1S/C45H57ClO5/c1-28(2)10-9-11-29(3)31-14-17-37-34-16-15-32-22-33(18-21-45(32,5)38(34)19-20-44(37,4)26-31)50-43(48)27-49-41-25-40-36(23-39(41)46)35(24-42(47)51-40)30-12-7-6-8-13-30/h6-8,12-13,15,23-25,28-29,31,33-34,37-38H,9-11,14,16-22,26-27H2,1-5H3/t29-,31+,33-,34-,37+,38-,44+,45-/m0/s1. The molecular formula is C45H57ClO5. The van der Waals surface area contributed by atoms with Crippen molar-refractivity contribution in [3.8, 4) is 16.9 Å². The number of carbonyl (C=O) groups is 1. The SMILES string of the molecule is CC(C)CCC[C@H](C)[C@@H]1CC[C@@H]2[C@@H]3CC=C4C[C@@H](OC(=O)COc5cc6oc(=O)cc(-c7ccccc7)c6cc5Cl)CC[C@]4(C)[C@H]3CC[C@]2(C)C1. The summed E-state index contributed by atoms with van der Waals surface area (Å²) in [5.74, 6) is 4.76. The zero-order chi connectivity index (χ0) is 35.9. The van der Waals surface area contributed by atoms with E-state index in [0.29, 0.717) is 21.4 Å². The third-order valence-corrected chi connectivity index (χ3v) is 14.2. The van der Waals surface area contributed by atoms with Crippen LogP contribution in [0.15, 0.2) is 69.4 Å². The van der Waals surface area contributed by atoms with Gasteiger partial charge >= 0.3 is 11.6 Å². The van der Waals surface area contributed by atoms with Gasteiger partial charge in [0.25, 0.3) is 0 Å². The first kappa shape index (κ1) is 36.3. The van der Waals surface area contributed by atoms with Crippen LogP contribution in [0.25, 0.3) is 22.1 Å². The molecule has 0 amide bonds. The van der Waals surface area contributed by atoms with Crippen LogP contribution >= 0.6 is 11.6 Å². The van der Waals surface area contributed by atoms with Crippen LogP contribution in [0.5, 0.6) is 5.75 Å². The lowest BCUT2D eigenvalue weighted by atomic mass is 9.44. The molecule has 2 aromatic carbocycles. The van der Waals surface area contributed by atoms with E-state index in [1.54, 1.807) is 12.1 Å². The molecule has 0 radical (unpaired) electrons. The molecular weight excluding hydrogens is 656 g/mol. The number of ether oxygens (including phenoxy) is 2. The minimum absolute atomic E-state index is 0.142. The maximum atomic E-state index is 13.1. The smallest absolute Gasteiger partial charge is 0.344 e. The van der Waals surface area contributed by atoms with Gasteiger partial charge in [0.1, 0.15) is 17.4 Å². The molecule has 7 rings (SSSR count). The van der Waals surface area contributed by atoms with Crippen molar-refractivity contribution in [2.24, 2.45) is 46.3 Å². The van der Waals surface area contributed by atoms with Crippen LogP contribution in [0.2, 0.25) is 5.02 Å². The van der Waals surface area contributed by atoms with Crippen LogP contribution in [0.4, 0.5) is 0 Å². The lowest BCUT2D eigenvalue weighted by Gasteiger charge is -2.61. The van der Waals surface area contributed by atoms with Crippen LogP contribution < -0.4 is 10.4 Å². The van der Waals surface area contributed by atoms with Crippen LogP contribution in [-0.2, 0) is 9.53 Å². The first-order chi connectivity index (χ1) is 24.4. The van der Waals surface area contributed by atoms with Crippen molar-refractivity contribution in [2.45, 2.75) is 118 Å². The number of rotatable bonds is 10. The van der Waals surface area contributed by atoms with Gasteiger partial charge in [0, 0.05) is 23.9 Å². The molecule has 6 heteroatoms. The quantitative estimate of drug-likeness (QED) is 0.119. The zero-order valence-corrected chi connectivity index (χ0v) is 32.1. The maximum Gasteiger partial charge on any atom is 0.344 e. The monoisotopic (exact) mass is 712 g/mol. The van der Waals surface area contributed by atoms with E-state index in [-0.39, 0.29) is 23.9 Å². The second-order valence-corrected chi connectivity index (χ2v) is 18.0. The predicted molar refractivity (Wildman–Crippen MR) is 206 cm³/mol. The van der Waals surface area contributed by atoms with E-state index >= 15 is 0 Å². The molecule has 0 N–H and O–H groups in total. The molecule has 5 nitrogen and oxygen atoms in total. The van der Waals surface area contributed by atoms with E-state index in [2.05, 4.69) is 40.7 Å². The molecule has 3 aromatic rings. The van der Waals surface area contributed by atoms with Crippen molar-refractivity contribution in [3.63, 3.8) is 0 Å². The normalized spacial score (nSPS) is 30.9. The van der Waals surface area contributed by atoms with Crippen molar-refractivity contribution >= 4 is 28.5 Å². The molecule has 3 saturated carbocycles. The minimum Gasteiger partial charge on any atom is -0.480 e. The molecule has 51 heavy (non-hydrogen) atoms. The molecule has 0 spiro atoms. The summed E-state index contributed by atoms with van der Waals surface area (Å²) >= 11 is 6.62. The summed E-state index contributed by atoms with van der Waals surface area (Å²) in [4.78, 5) is 25.5. The largest absolute Gasteiger partial charge is 0.480 e. The molecule has 1 aromatic heterocycles. The van der Waals surface area contributed by atoms with Crippen LogP contribution in [-0.4, -0.2) is 18.7 Å². The molecule has 0 bridgehead atoms. The predicted octanol–water partition coefficient (Wildman–Crippen LogP) is 11.8. The van der Waals surface area contributed by atoms with E-state index in [4.69, 9.17) is 25.5 Å². The Morgan fingerprint density at radius 1 is 0.980 bits per heavy atom. The molecule has 4 aliphatic rings. The highest BCUT2D eigenvalue weighted by Gasteiger charge is 2.56. The van der Waals surface area contributed by atoms with Crippen molar-refractivity contribution in [1.29, 1.82) is 0 Å². The van der Waals surface area contributed by atoms with Gasteiger partial charge in [0.05, 0.1) is 5.02 Å². The highest BCUT2D eigenvalue weighted by Crippen LogP contribution is 2.65. The number of benzene rings is 2. The van der Waals surface area contributed by atoms with E-state index < -0.39 is 11.6 Å². The van der Waals surface area contributed by atoms with E-state index in [9.17, 15) is 9.59 Å². The van der Waals surface area contributed by atoms with Crippen LogP contribution in [0.1, 0.15) is 112 Å². The topological polar surface area (TPSA) is 65.7 Å². The van der Waals surface area contributed by atoms with Gasteiger partial charge in [-0.05, 0) is 115 Å². The van der Waals surface area contributed by atoms with E-state index in [1.165, 1.54) is 69.4 Å². The molecule has 0 aliphatic heterocycles. The Balaban J connectivity index is 0.959. The average Bonchev–Trinajstić information content (AvgIpc) is 3.10. The first-order valence-electron chi connectivity index (χ1n) is 19.8. The summed E-state index contributed by atoms with van der Waals surface area (Å²) in [7, 11) is 0. The molecule has 1 heterocycles. The second kappa shape index (κ2) is 14.8. The molecule has 3 fully saturated rings. The lowest BCUT2D eigenvalue weighted by molar-refractivity contribution is -0.154. The van der Waals surface area contributed by atoms with Crippen molar-refractivity contribution < 1.29 is 18.7 Å². The Bertz CT molecular complexity index is 1810. The Morgan fingerprint density at radius 3 is 2.57 bits per heavy atom. The van der Waals surface area contributed by atoms with Crippen LogP contribution in [0.3, 0.4) is 0 Å². The zero-order valence-electron chi connectivity index (χ0n) is 31.3. The van der Waals surface area contributed by atoms with Crippen LogP contribution in [0, 0.1) is 46.3 Å². The van der Waals surface area contributed by atoms with Gasteiger partial charge in [-0.15, -0.1) is 0 Å². The van der Waals surface area contributed by atoms with Crippen molar-refractivity contribution in [3.05, 3.63) is 75.6 Å². The Morgan fingerprint density at radius 2 is 1.78 bits per heavy atom. The Hall–Kier alpha value is -3.05. The van der Waals surface area contributed by atoms with Crippen molar-refractivity contribution in [1.82, 2.24) is 0 Å². The van der Waals surface area contributed by atoms with Crippen molar-refractivity contribution in [2.75, 3.05) is 6.61 Å². The molecule has 4 aliphatic carbocycles. The summed E-state index contributed by atoms with van der Waals surface area (Å²) in [5.41, 5.74) is 3.69. The molecule has 8 atom stereocenters. The number of halogens is 1. The fraction of sp³-hybridized carbons (Fsp3) is 0.600. The summed E-state index contributed by atoms with van der Waals surface area (Å²) in [5, 5.41) is 1.04. The molecule has 274 valence electrons. The molecule has 0 saturated heterocycles. The number of carbonyl (C=O) groups excluding carboxylic acids is 1. The number of hydrogen-bond acceptors (Lipinski definition) is 5. The summed E-state index contributed by atoms with van der Waals surface area (Å²) in [6.07, 6.45) is 17.4. The Kier molecular flexibility index (Phi) is 10.5. The summed E-state index contributed by atoms with van der Waals surface area (Å²) < 4.78 is 17.4. The number of esters is 1. The van der Waals surface area contributed by atoms with Gasteiger partial charge in [-0.1, -0.05) is 107 Å². The number of fused-ring (bicyclic) bond motifs is 6. The second-order valence-electron chi connectivity index (χ2n) is 17.6. The van der Waals surface area contributed by atoms with Gasteiger partial charge < -0.3 is 13.9 Å². The first-order valence-corrected chi connectivity index (χ1v) is 20.2. The van der Waals surface area contributed by atoms with Gasteiger partial charge in [0.2, 0.25) is 0 Å². The van der Waals surface area contributed by atoms with Gasteiger partial charge in [-0.25, -0.2) is 9.59 Å². The van der Waals surface area contributed by atoms with Gasteiger partial charge in [-0.3, -0.25) is 0 Å². The number of allylic oxidation sites excluding steroid dienone is 1. The highest BCUT2D eigenvalue weighted by atomic mass is 35.5. The molecule has 0 unspecified atom stereocenters. The fourth-order valence-corrected chi connectivity index (χ4v) is 11.3.